The van der Waals surface area contributed by atoms with Gasteiger partial charge in [0.1, 0.15) is 0 Å². The van der Waals surface area contributed by atoms with Crippen LogP contribution in [0.3, 0.4) is 0 Å². The standard InChI is InChI=1S/C14H26N2O3/c1-11-9-16(8-7-15(11)2)10-14(19)5-3-12(4-6-14)13(17)18/h11-12,19H,3-10H2,1-2H3,(H,17,18). The molecule has 2 N–H and O–H groups in total. The Morgan fingerprint density at radius 2 is 1.95 bits per heavy atom. The van der Waals surface area contributed by atoms with Crippen molar-refractivity contribution in [2.45, 2.75) is 44.2 Å². The Kier molecular flexibility index (Phi) is 4.48. The maximum absolute atomic E-state index is 10.9. The molecule has 1 unspecified atom stereocenters. The molecule has 0 bridgehead atoms. The molecule has 0 spiro atoms. The Bertz CT molecular complexity index is 327. The molecule has 1 atom stereocenters. The van der Waals surface area contributed by atoms with Gasteiger partial charge < -0.3 is 15.1 Å². The van der Waals surface area contributed by atoms with Crippen molar-refractivity contribution < 1.29 is 15.0 Å². The monoisotopic (exact) mass is 270 g/mol. The summed E-state index contributed by atoms with van der Waals surface area (Å²) in [7, 11) is 2.13. The Balaban J connectivity index is 1.84. The van der Waals surface area contributed by atoms with E-state index < -0.39 is 11.6 Å². The highest BCUT2D eigenvalue weighted by Crippen LogP contribution is 2.33. The smallest absolute Gasteiger partial charge is 0.306 e. The van der Waals surface area contributed by atoms with E-state index in [4.69, 9.17) is 5.11 Å². The number of carboxylic acids is 1. The first-order valence-electron chi connectivity index (χ1n) is 7.27. The fourth-order valence-corrected chi connectivity index (χ4v) is 3.24. The van der Waals surface area contributed by atoms with Crippen LogP contribution in [0, 0.1) is 5.92 Å². The number of carbonyl (C=O) groups is 1. The highest BCUT2D eigenvalue weighted by Gasteiger charge is 2.37. The maximum Gasteiger partial charge on any atom is 0.306 e. The van der Waals surface area contributed by atoms with Crippen LogP contribution < -0.4 is 0 Å². The zero-order chi connectivity index (χ0) is 14.0. The van der Waals surface area contributed by atoms with Crippen LogP contribution in [0.5, 0.6) is 0 Å². The number of aliphatic carboxylic acids is 1. The molecule has 2 rings (SSSR count). The molecule has 5 heteroatoms. The molecule has 1 aliphatic heterocycles. The molecule has 0 aromatic heterocycles. The number of hydrogen-bond donors (Lipinski definition) is 2. The molecular formula is C14H26N2O3. The maximum atomic E-state index is 10.9. The normalized spacial score (nSPS) is 38.3. The summed E-state index contributed by atoms with van der Waals surface area (Å²) in [6, 6.07) is 0.521. The van der Waals surface area contributed by atoms with E-state index in [-0.39, 0.29) is 5.92 Å². The molecule has 1 saturated carbocycles. The summed E-state index contributed by atoms with van der Waals surface area (Å²) in [5.74, 6) is -0.970. The van der Waals surface area contributed by atoms with Gasteiger partial charge in [-0.15, -0.1) is 0 Å². The quantitative estimate of drug-likeness (QED) is 0.787. The number of hydrogen-bond acceptors (Lipinski definition) is 4. The third-order valence-corrected chi connectivity index (χ3v) is 4.83. The zero-order valence-corrected chi connectivity index (χ0v) is 12.0. The number of aliphatic hydroxyl groups is 1. The van der Waals surface area contributed by atoms with Gasteiger partial charge in [-0.05, 0) is 39.7 Å². The summed E-state index contributed by atoms with van der Waals surface area (Å²) < 4.78 is 0. The van der Waals surface area contributed by atoms with Crippen molar-refractivity contribution in [3.05, 3.63) is 0 Å². The van der Waals surface area contributed by atoms with E-state index in [2.05, 4.69) is 23.8 Å². The third kappa shape index (κ3) is 3.68. The first kappa shape index (κ1) is 14.8. The minimum atomic E-state index is -0.713. The minimum absolute atomic E-state index is 0.258. The number of nitrogens with zero attached hydrogens (tertiary/aromatic N) is 2. The van der Waals surface area contributed by atoms with Crippen molar-refractivity contribution in [1.29, 1.82) is 0 Å². The van der Waals surface area contributed by atoms with Crippen molar-refractivity contribution in [2.75, 3.05) is 33.2 Å². The predicted octanol–water partition coefficient (Wildman–Crippen LogP) is 0.628. The van der Waals surface area contributed by atoms with Gasteiger partial charge in [0.05, 0.1) is 11.5 Å². The van der Waals surface area contributed by atoms with Crippen LogP contribution >= 0.6 is 0 Å². The van der Waals surface area contributed by atoms with Gasteiger partial charge in [0.2, 0.25) is 0 Å². The van der Waals surface area contributed by atoms with Gasteiger partial charge in [-0.2, -0.15) is 0 Å². The molecular weight excluding hydrogens is 244 g/mol. The van der Waals surface area contributed by atoms with Gasteiger partial charge in [-0.3, -0.25) is 9.69 Å². The summed E-state index contributed by atoms with van der Waals surface area (Å²) in [6.45, 7) is 5.91. The van der Waals surface area contributed by atoms with Crippen LogP contribution in [0.2, 0.25) is 0 Å². The second kappa shape index (κ2) is 5.77. The number of likely N-dealkylation sites (N-methyl/N-ethyl adjacent to an activating group) is 1. The average Bonchev–Trinajstić information content (AvgIpc) is 2.34. The lowest BCUT2D eigenvalue weighted by molar-refractivity contribution is -0.145. The third-order valence-electron chi connectivity index (χ3n) is 4.83. The van der Waals surface area contributed by atoms with Gasteiger partial charge in [0, 0.05) is 32.2 Å². The molecule has 2 aliphatic rings. The van der Waals surface area contributed by atoms with Crippen molar-refractivity contribution in [2.24, 2.45) is 5.92 Å². The zero-order valence-electron chi connectivity index (χ0n) is 12.0. The molecule has 5 nitrogen and oxygen atoms in total. The number of rotatable bonds is 3. The first-order valence-corrected chi connectivity index (χ1v) is 7.27. The molecule has 0 aromatic rings. The lowest BCUT2D eigenvalue weighted by Gasteiger charge is -2.43. The molecule has 0 aromatic carbocycles. The lowest BCUT2D eigenvalue weighted by Crippen LogP contribution is -2.55. The minimum Gasteiger partial charge on any atom is -0.481 e. The van der Waals surface area contributed by atoms with E-state index in [1.165, 1.54) is 0 Å². The van der Waals surface area contributed by atoms with E-state index >= 15 is 0 Å². The summed E-state index contributed by atoms with van der Waals surface area (Å²) in [4.78, 5) is 15.6. The summed E-state index contributed by atoms with van der Waals surface area (Å²) in [5, 5.41) is 19.6. The molecule has 1 heterocycles. The fourth-order valence-electron chi connectivity index (χ4n) is 3.24. The molecule has 1 saturated heterocycles. The summed E-state index contributed by atoms with van der Waals surface area (Å²) >= 11 is 0. The predicted molar refractivity (Wildman–Crippen MR) is 73.1 cm³/mol. The number of carboxylic acid groups (broad SMARTS) is 1. The average molecular weight is 270 g/mol. The fraction of sp³-hybridized carbons (Fsp3) is 0.929. The van der Waals surface area contributed by atoms with Gasteiger partial charge in [-0.25, -0.2) is 0 Å². The van der Waals surface area contributed by atoms with Crippen molar-refractivity contribution in [3.63, 3.8) is 0 Å². The summed E-state index contributed by atoms with van der Waals surface area (Å²) in [5.41, 5.74) is -0.679. The van der Waals surface area contributed by atoms with E-state index in [0.717, 1.165) is 19.6 Å². The van der Waals surface area contributed by atoms with Crippen LogP contribution in [0.4, 0.5) is 0 Å². The van der Waals surface area contributed by atoms with E-state index in [1.807, 2.05) is 0 Å². The first-order chi connectivity index (χ1) is 8.89. The molecule has 110 valence electrons. The lowest BCUT2D eigenvalue weighted by atomic mass is 9.78. The van der Waals surface area contributed by atoms with Crippen LogP contribution in [-0.2, 0) is 4.79 Å². The van der Waals surface area contributed by atoms with Crippen LogP contribution in [-0.4, -0.2) is 70.9 Å². The Morgan fingerprint density at radius 1 is 1.32 bits per heavy atom. The van der Waals surface area contributed by atoms with Crippen molar-refractivity contribution in [1.82, 2.24) is 9.80 Å². The number of β-amino-alcohol motifs (C(OH)–C–C–N with tert-alkyl or cyclic N) is 1. The van der Waals surface area contributed by atoms with Gasteiger partial charge in [0.15, 0.2) is 0 Å². The largest absolute Gasteiger partial charge is 0.481 e. The molecule has 0 radical (unpaired) electrons. The highest BCUT2D eigenvalue weighted by atomic mass is 16.4. The topological polar surface area (TPSA) is 64.0 Å². The second-order valence-corrected chi connectivity index (χ2v) is 6.40. The Labute approximate surface area is 115 Å². The van der Waals surface area contributed by atoms with Gasteiger partial charge >= 0.3 is 5.97 Å². The van der Waals surface area contributed by atoms with E-state index in [0.29, 0.717) is 38.3 Å². The highest BCUT2D eigenvalue weighted by molar-refractivity contribution is 5.70. The van der Waals surface area contributed by atoms with Gasteiger partial charge in [-0.1, -0.05) is 0 Å². The molecule has 19 heavy (non-hydrogen) atoms. The summed E-state index contributed by atoms with van der Waals surface area (Å²) in [6.07, 6.45) is 2.44. The van der Waals surface area contributed by atoms with Crippen LogP contribution in [0.1, 0.15) is 32.6 Å². The van der Waals surface area contributed by atoms with Crippen molar-refractivity contribution in [3.8, 4) is 0 Å². The Hall–Kier alpha value is -0.650. The van der Waals surface area contributed by atoms with Gasteiger partial charge in [0.25, 0.3) is 0 Å². The van der Waals surface area contributed by atoms with Crippen LogP contribution in [0.25, 0.3) is 0 Å². The van der Waals surface area contributed by atoms with Crippen LogP contribution in [0.15, 0.2) is 0 Å². The second-order valence-electron chi connectivity index (χ2n) is 6.40. The Morgan fingerprint density at radius 3 is 2.47 bits per heavy atom. The van der Waals surface area contributed by atoms with E-state index in [1.54, 1.807) is 0 Å². The number of piperazine rings is 1. The van der Waals surface area contributed by atoms with Crippen molar-refractivity contribution >= 4 is 5.97 Å². The van der Waals surface area contributed by atoms with E-state index in [9.17, 15) is 9.90 Å². The molecule has 1 aliphatic carbocycles. The molecule has 0 amide bonds. The molecule has 2 fully saturated rings. The SMILES string of the molecule is CC1CN(CC2(O)CCC(C(=O)O)CC2)CCN1C.